The Balaban J connectivity index is 1.26. The summed E-state index contributed by atoms with van der Waals surface area (Å²) in [6.45, 7) is 4.73. The van der Waals surface area contributed by atoms with E-state index in [2.05, 4.69) is 195 Å². The maximum Gasteiger partial charge on any atom is 0.0555 e. The standard InChI is InChI=1S/C49H35NS/c1-49(2)43-20-12-11-19-40(43)41-28-26-37(31-44(41)49)50(36-24-21-33(22-25-36)32-13-5-3-6-14-32)45-30-29-39(34-15-7-4-8-16-34)48-46(45)42-27-23-35-17-9-10-18-38(35)47(42)51-48/h3-31H,1-2H3. The number of thiophene rings is 1. The molecule has 1 aromatic heterocycles. The summed E-state index contributed by atoms with van der Waals surface area (Å²) in [6.07, 6.45) is 0. The lowest BCUT2D eigenvalue weighted by Crippen LogP contribution is -2.16. The molecule has 0 saturated heterocycles. The van der Waals surface area contributed by atoms with Crippen molar-refractivity contribution < 1.29 is 0 Å². The van der Waals surface area contributed by atoms with Crippen LogP contribution in [0, 0.1) is 0 Å². The highest BCUT2D eigenvalue weighted by atomic mass is 32.1. The molecule has 10 rings (SSSR count). The van der Waals surface area contributed by atoms with Gasteiger partial charge in [-0.05, 0) is 85.6 Å². The second kappa shape index (κ2) is 11.6. The number of nitrogens with zero attached hydrogens (tertiary/aromatic N) is 1. The first-order valence-corrected chi connectivity index (χ1v) is 18.5. The molecule has 0 spiro atoms. The second-order valence-electron chi connectivity index (χ2n) is 14.1. The number of hydrogen-bond acceptors (Lipinski definition) is 2. The van der Waals surface area contributed by atoms with Crippen LogP contribution >= 0.6 is 11.3 Å². The van der Waals surface area contributed by atoms with Crippen molar-refractivity contribution >= 4 is 59.3 Å². The van der Waals surface area contributed by atoms with Crippen molar-refractivity contribution in [2.45, 2.75) is 19.3 Å². The fourth-order valence-electron chi connectivity index (χ4n) is 8.31. The number of hydrogen-bond donors (Lipinski definition) is 0. The Kier molecular flexibility index (Phi) is 6.78. The average Bonchev–Trinajstić information content (AvgIpc) is 3.69. The fraction of sp³-hybridized carbons (Fsp3) is 0.0612. The molecule has 0 aliphatic heterocycles. The highest BCUT2D eigenvalue weighted by Crippen LogP contribution is 2.53. The van der Waals surface area contributed by atoms with Crippen molar-refractivity contribution in [3.63, 3.8) is 0 Å². The van der Waals surface area contributed by atoms with Crippen molar-refractivity contribution in [2.24, 2.45) is 0 Å². The van der Waals surface area contributed by atoms with Crippen LogP contribution in [-0.4, -0.2) is 0 Å². The van der Waals surface area contributed by atoms with Gasteiger partial charge in [0.15, 0.2) is 0 Å². The van der Waals surface area contributed by atoms with Crippen LogP contribution in [0.1, 0.15) is 25.0 Å². The van der Waals surface area contributed by atoms with E-state index in [1.165, 1.54) is 81.1 Å². The molecule has 0 amide bonds. The van der Waals surface area contributed by atoms with Crippen LogP contribution in [0.2, 0.25) is 0 Å². The number of rotatable bonds is 5. The van der Waals surface area contributed by atoms with Crippen molar-refractivity contribution in [1.82, 2.24) is 0 Å². The van der Waals surface area contributed by atoms with Crippen molar-refractivity contribution in [1.29, 1.82) is 0 Å². The smallest absolute Gasteiger partial charge is 0.0555 e. The fourth-order valence-corrected chi connectivity index (χ4v) is 9.71. The van der Waals surface area contributed by atoms with Gasteiger partial charge in [0.05, 0.1) is 5.69 Å². The van der Waals surface area contributed by atoms with E-state index in [0.717, 1.165) is 11.4 Å². The van der Waals surface area contributed by atoms with Gasteiger partial charge in [-0.3, -0.25) is 0 Å². The number of fused-ring (bicyclic) bond motifs is 8. The Labute approximate surface area is 302 Å². The maximum atomic E-state index is 2.49. The van der Waals surface area contributed by atoms with Gasteiger partial charge in [0.2, 0.25) is 0 Å². The lowest BCUT2D eigenvalue weighted by molar-refractivity contribution is 0.660. The van der Waals surface area contributed by atoms with Crippen LogP contribution in [0.5, 0.6) is 0 Å². The highest BCUT2D eigenvalue weighted by Gasteiger charge is 2.36. The predicted octanol–water partition coefficient (Wildman–Crippen LogP) is 14.3. The molecule has 51 heavy (non-hydrogen) atoms. The molecule has 0 radical (unpaired) electrons. The SMILES string of the molecule is CC1(C)c2ccccc2-c2ccc(N(c3ccc(-c4ccccc4)cc3)c3ccc(-c4ccccc4)c4sc5c6ccccc6ccc5c34)cc21. The summed E-state index contributed by atoms with van der Waals surface area (Å²) in [6, 6.07) is 64.7. The van der Waals surface area contributed by atoms with Crippen LogP contribution < -0.4 is 4.90 Å². The topological polar surface area (TPSA) is 3.24 Å². The van der Waals surface area contributed by atoms with Gasteiger partial charge >= 0.3 is 0 Å². The average molecular weight is 670 g/mol. The maximum absolute atomic E-state index is 2.49. The monoisotopic (exact) mass is 669 g/mol. The summed E-state index contributed by atoms with van der Waals surface area (Å²) in [4.78, 5) is 2.49. The van der Waals surface area contributed by atoms with Gasteiger partial charge in [0, 0.05) is 37.0 Å². The normalized spacial score (nSPS) is 13.1. The molecule has 1 heterocycles. The molecule has 1 aliphatic carbocycles. The molecule has 0 bridgehead atoms. The summed E-state index contributed by atoms with van der Waals surface area (Å²) in [5.74, 6) is 0. The summed E-state index contributed by atoms with van der Waals surface area (Å²) < 4.78 is 2.64. The zero-order chi connectivity index (χ0) is 34.1. The Morgan fingerprint density at radius 2 is 1.06 bits per heavy atom. The van der Waals surface area contributed by atoms with Gasteiger partial charge in [-0.2, -0.15) is 0 Å². The van der Waals surface area contributed by atoms with Crippen LogP contribution in [0.25, 0.3) is 64.3 Å². The largest absolute Gasteiger partial charge is 0.310 e. The Bertz CT molecular complexity index is 2760. The molecule has 0 saturated carbocycles. The van der Waals surface area contributed by atoms with Crippen molar-refractivity contribution in [3.8, 4) is 33.4 Å². The molecular weight excluding hydrogens is 635 g/mol. The molecule has 8 aromatic carbocycles. The third-order valence-corrected chi connectivity index (χ3v) is 12.1. The second-order valence-corrected chi connectivity index (χ2v) is 15.1. The van der Waals surface area contributed by atoms with E-state index in [1.54, 1.807) is 0 Å². The molecule has 1 aliphatic rings. The first-order chi connectivity index (χ1) is 25.1. The van der Waals surface area contributed by atoms with E-state index in [9.17, 15) is 0 Å². The molecule has 2 heteroatoms. The van der Waals surface area contributed by atoms with E-state index in [1.807, 2.05) is 11.3 Å². The van der Waals surface area contributed by atoms with Gasteiger partial charge in [-0.15, -0.1) is 11.3 Å². The molecular formula is C49H35NS. The predicted molar refractivity (Wildman–Crippen MR) is 220 cm³/mol. The highest BCUT2D eigenvalue weighted by molar-refractivity contribution is 7.27. The van der Waals surface area contributed by atoms with E-state index in [4.69, 9.17) is 0 Å². The number of anilines is 3. The third-order valence-electron chi connectivity index (χ3n) is 10.9. The van der Waals surface area contributed by atoms with Crippen LogP contribution in [0.4, 0.5) is 17.1 Å². The molecule has 0 N–H and O–H groups in total. The molecule has 242 valence electrons. The zero-order valence-corrected chi connectivity index (χ0v) is 29.4. The lowest BCUT2D eigenvalue weighted by atomic mass is 9.82. The van der Waals surface area contributed by atoms with E-state index in [0.29, 0.717) is 0 Å². The van der Waals surface area contributed by atoms with Crippen LogP contribution in [0.15, 0.2) is 176 Å². The number of benzene rings is 8. The van der Waals surface area contributed by atoms with E-state index in [-0.39, 0.29) is 5.41 Å². The minimum atomic E-state index is -0.106. The van der Waals surface area contributed by atoms with Gasteiger partial charge in [-0.25, -0.2) is 0 Å². The quantitative estimate of drug-likeness (QED) is 0.176. The summed E-state index contributed by atoms with van der Waals surface area (Å²) in [5, 5.41) is 5.16. The van der Waals surface area contributed by atoms with Crippen molar-refractivity contribution in [2.75, 3.05) is 4.90 Å². The Morgan fingerprint density at radius 1 is 0.431 bits per heavy atom. The Hall–Kier alpha value is -5.96. The van der Waals surface area contributed by atoms with Gasteiger partial charge in [0.1, 0.15) is 0 Å². The third kappa shape index (κ3) is 4.67. The van der Waals surface area contributed by atoms with Gasteiger partial charge in [-0.1, -0.05) is 159 Å². The Morgan fingerprint density at radius 3 is 1.86 bits per heavy atom. The molecule has 0 atom stereocenters. The summed E-state index contributed by atoms with van der Waals surface area (Å²) >= 11 is 1.92. The van der Waals surface area contributed by atoms with E-state index >= 15 is 0 Å². The first-order valence-electron chi connectivity index (χ1n) is 17.7. The summed E-state index contributed by atoms with van der Waals surface area (Å²) in [7, 11) is 0. The van der Waals surface area contributed by atoms with Crippen molar-refractivity contribution in [3.05, 3.63) is 187 Å². The van der Waals surface area contributed by atoms with Gasteiger partial charge in [0.25, 0.3) is 0 Å². The van der Waals surface area contributed by atoms with Crippen LogP contribution in [0.3, 0.4) is 0 Å². The molecule has 0 fully saturated rings. The molecule has 1 nitrogen and oxygen atoms in total. The minimum Gasteiger partial charge on any atom is -0.310 e. The van der Waals surface area contributed by atoms with Gasteiger partial charge < -0.3 is 4.90 Å². The summed E-state index contributed by atoms with van der Waals surface area (Å²) in [5.41, 5.74) is 13.7. The lowest BCUT2D eigenvalue weighted by Gasteiger charge is -2.29. The van der Waals surface area contributed by atoms with Crippen LogP contribution in [-0.2, 0) is 5.41 Å². The zero-order valence-electron chi connectivity index (χ0n) is 28.6. The molecule has 9 aromatic rings. The minimum absolute atomic E-state index is 0.106. The first kappa shape index (κ1) is 29.9. The molecule has 0 unspecified atom stereocenters. The van der Waals surface area contributed by atoms with E-state index < -0.39 is 0 Å².